The number of hydrogen-bond acceptors (Lipinski definition) is 4. The summed E-state index contributed by atoms with van der Waals surface area (Å²) in [5.74, 6) is 0.802. The third kappa shape index (κ3) is 4.10. The predicted octanol–water partition coefficient (Wildman–Crippen LogP) is 3.63. The highest BCUT2D eigenvalue weighted by atomic mass is 79.9. The monoisotopic (exact) mass is 375 g/mol. The molecule has 0 saturated carbocycles. The van der Waals surface area contributed by atoms with E-state index in [2.05, 4.69) is 33.3 Å². The molecular formula is C14H19BrClN3O2. The molecule has 21 heavy (non-hydrogen) atoms. The lowest BCUT2D eigenvalue weighted by Gasteiger charge is -2.18. The Morgan fingerprint density at radius 1 is 1.52 bits per heavy atom. The van der Waals surface area contributed by atoms with Crippen LogP contribution in [-0.4, -0.2) is 30.0 Å². The molecule has 0 aliphatic heterocycles. The highest BCUT2D eigenvalue weighted by Gasteiger charge is 2.24. The molecule has 2 rings (SSSR count). The summed E-state index contributed by atoms with van der Waals surface area (Å²) in [7, 11) is 1.67. The Bertz CT molecular complexity index is 570. The van der Waals surface area contributed by atoms with Gasteiger partial charge in [0.05, 0.1) is 30.1 Å². The van der Waals surface area contributed by atoms with E-state index < -0.39 is 0 Å². The standard InChI is InChI=1S/C14H19BrClN3O2/c1-3-6-17-13(11-4-5-12(15)21-11)14-10(16)9-18-19(14)7-8-20-2/h4-5,9,13,17H,3,6-8H2,1-2H3. The molecule has 0 radical (unpaired) electrons. The summed E-state index contributed by atoms with van der Waals surface area (Å²) in [6.45, 7) is 4.19. The normalized spacial score (nSPS) is 12.8. The van der Waals surface area contributed by atoms with Gasteiger partial charge in [0.1, 0.15) is 11.8 Å². The van der Waals surface area contributed by atoms with Crippen molar-refractivity contribution in [2.24, 2.45) is 0 Å². The van der Waals surface area contributed by atoms with Gasteiger partial charge < -0.3 is 14.5 Å². The van der Waals surface area contributed by atoms with Crippen LogP contribution in [0.5, 0.6) is 0 Å². The fourth-order valence-electron chi connectivity index (χ4n) is 2.12. The van der Waals surface area contributed by atoms with Gasteiger partial charge in [0.15, 0.2) is 4.67 Å². The van der Waals surface area contributed by atoms with E-state index in [0.717, 1.165) is 24.4 Å². The molecule has 1 N–H and O–H groups in total. The summed E-state index contributed by atoms with van der Waals surface area (Å²) in [5.41, 5.74) is 0.893. The van der Waals surface area contributed by atoms with Crippen LogP contribution in [0.2, 0.25) is 5.02 Å². The minimum absolute atomic E-state index is 0.136. The number of aromatic nitrogens is 2. The average Bonchev–Trinajstić information content (AvgIpc) is 3.05. The van der Waals surface area contributed by atoms with Gasteiger partial charge in [-0.3, -0.25) is 4.68 Å². The molecule has 0 aliphatic rings. The molecule has 1 atom stereocenters. The van der Waals surface area contributed by atoms with Crippen molar-refractivity contribution in [1.29, 1.82) is 0 Å². The van der Waals surface area contributed by atoms with Crippen LogP contribution in [-0.2, 0) is 11.3 Å². The first-order valence-electron chi connectivity index (χ1n) is 6.86. The van der Waals surface area contributed by atoms with E-state index in [9.17, 15) is 0 Å². The summed E-state index contributed by atoms with van der Waals surface area (Å²) in [6, 6.07) is 3.67. The number of nitrogens with one attached hydrogen (secondary N) is 1. The van der Waals surface area contributed by atoms with Gasteiger partial charge in [-0.05, 0) is 41.0 Å². The molecule has 0 fully saturated rings. The maximum atomic E-state index is 6.34. The Morgan fingerprint density at radius 2 is 2.33 bits per heavy atom. The van der Waals surface area contributed by atoms with Crippen LogP contribution in [0.4, 0.5) is 0 Å². The second kappa shape index (κ2) is 7.98. The number of furan rings is 1. The van der Waals surface area contributed by atoms with E-state index in [4.69, 9.17) is 20.8 Å². The van der Waals surface area contributed by atoms with Crippen molar-refractivity contribution in [3.05, 3.63) is 39.5 Å². The van der Waals surface area contributed by atoms with Crippen molar-refractivity contribution in [3.63, 3.8) is 0 Å². The van der Waals surface area contributed by atoms with Gasteiger partial charge in [-0.25, -0.2) is 0 Å². The Labute approximate surface area is 137 Å². The van der Waals surface area contributed by atoms with Gasteiger partial charge in [0.2, 0.25) is 0 Å². The van der Waals surface area contributed by atoms with Crippen molar-refractivity contribution in [2.75, 3.05) is 20.3 Å². The minimum atomic E-state index is -0.136. The van der Waals surface area contributed by atoms with Gasteiger partial charge in [0, 0.05) is 7.11 Å². The molecule has 0 aliphatic carbocycles. The number of hydrogen-bond donors (Lipinski definition) is 1. The first kappa shape index (κ1) is 16.5. The third-order valence-electron chi connectivity index (χ3n) is 3.09. The maximum absolute atomic E-state index is 6.34. The number of methoxy groups -OCH3 is 1. The van der Waals surface area contributed by atoms with Crippen molar-refractivity contribution in [3.8, 4) is 0 Å². The largest absolute Gasteiger partial charge is 0.452 e. The summed E-state index contributed by atoms with van der Waals surface area (Å²) in [6.07, 6.45) is 2.67. The minimum Gasteiger partial charge on any atom is -0.452 e. The molecule has 0 aromatic carbocycles. The summed E-state index contributed by atoms with van der Waals surface area (Å²) in [4.78, 5) is 0. The fourth-order valence-corrected chi connectivity index (χ4v) is 2.69. The lowest BCUT2D eigenvalue weighted by molar-refractivity contribution is 0.181. The van der Waals surface area contributed by atoms with Gasteiger partial charge in [-0.2, -0.15) is 5.10 Å². The summed E-state index contributed by atoms with van der Waals surface area (Å²) < 4.78 is 13.4. The van der Waals surface area contributed by atoms with Crippen LogP contribution in [0, 0.1) is 0 Å². The predicted molar refractivity (Wildman–Crippen MR) is 85.7 cm³/mol. The molecule has 0 bridgehead atoms. The number of rotatable bonds is 8. The van der Waals surface area contributed by atoms with Gasteiger partial charge in [0.25, 0.3) is 0 Å². The Hall–Kier alpha value is -0.820. The summed E-state index contributed by atoms with van der Waals surface area (Å²) >= 11 is 9.68. The Morgan fingerprint density at radius 3 is 2.95 bits per heavy atom. The highest BCUT2D eigenvalue weighted by molar-refractivity contribution is 9.10. The van der Waals surface area contributed by atoms with E-state index in [-0.39, 0.29) is 6.04 Å². The lowest BCUT2D eigenvalue weighted by atomic mass is 10.1. The second-order valence-corrected chi connectivity index (χ2v) is 5.81. The molecule has 1 unspecified atom stereocenters. The second-order valence-electron chi connectivity index (χ2n) is 4.62. The molecule has 2 heterocycles. The van der Waals surface area contributed by atoms with Crippen LogP contribution in [0.3, 0.4) is 0 Å². The molecule has 0 saturated heterocycles. The molecule has 0 amide bonds. The van der Waals surface area contributed by atoms with Gasteiger partial charge in [-0.1, -0.05) is 18.5 Å². The zero-order valence-corrected chi connectivity index (χ0v) is 14.4. The summed E-state index contributed by atoms with van der Waals surface area (Å²) in [5, 5.41) is 8.40. The molecule has 2 aromatic rings. The zero-order chi connectivity index (χ0) is 15.2. The molecule has 5 nitrogen and oxygen atoms in total. The molecule has 7 heteroatoms. The van der Waals surface area contributed by atoms with Gasteiger partial charge >= 0.3 is 0 Å². The van der Waals surface area contributed by atoms with E-state index in [1.54, 1.807) is 13.3 Å². The van der Waals surface area contributed by atoms with Crippen LogP contribution in [0.1, 0.15) is 30.8 Å². The molecule has 0 spiro atoms. The first-order chi connectivity index (χ1) is 10.2. The lowest BCUT2D eigenvalue weighted by Crippen LogP contribution is -2.26. The van der Waals surface area contributed by atoms with Crippen LogP contribution in [0.15, 0.2) is 27.4 Å². The third-order valence-corrected chi connectivity index (χ3v) is 3.81. The zero-order valence-electron chi connectivity index (χ0n) is 12.1. The van der Waals surface area contributed by atoms with Crippen LogP contribution >= 0.6 is 27.5 Å². The quantitative estimate of drug-likeness (QED) is 0.764. The fraction of sp³-hybridized carbons (Fsp3) is 0.500. The SMILES string of the molecule is CCCNC(c1ccc(Br)o1)c1c(Cl)cnn1CCOC. The number of nitrogens with zero attached hydrogens (tertiary/aromatic N) is 2. The van der Waals surface area contributed by atoms with Crippen molar-refractivity contribution in [1.82, 2.24) is 15.1 Å². The van der Waals surface area contributed by atoms with Gasteiger partial charge in [-0.15, -0.1) is 0 Å². The van der Waals surface area contributed by atoms with E-state index in [1.807, 2.05) is 16.8 Å². The average molecular weight is 377 g/mol. The number of halogens is 2. The van der Waals surface area contributed by atoms with Crippen LogP contribution in [0.25, 0.3) is 0 Å². The highest BCUT2D eigenvalue weighted by Crippen LogP contribution is 2.30. The van der Waals surface area contributed by atoms with Crippen molar-refractivity contribution < 1.29 is 9.15 Å². The molecular weight excluding hydrogens is 358 g/mol. The van der Waals surface area contributed by atoms with E-state index >= 15 is 0 Å². The molecule has 2 aromatic heterocycles. The van der Waals surface area contributed by atoms with Crippen molar-refractivity contribution in [2.45, 2.75) is 25.9 Å². The van der Waals surface area contributed by atoms with E-state index in [1.165, 1.54) is 0 Å². The topological polar surface area (TPSA) is 52.2 Å². The van der Waals surface area contributed by atoms with Crippen LogP contribution < -0.4 is 5.32 Å². The smallest absolute Gasteiger partial charge is 0.169 e. The van der Waals surface area contributed by atoms with Crippen molar-refractivity contribution >= 4 is 27.5 Å². The van der Waals surface area contributed by atoms with E-state index in [0.29, 0.717) is 22.8 Å². The Balaban J connectivity index is 2.33. The maximum Gasteiger partial charge on any atom is 0.169 e. The first-order valence-corrected chi connectivity index (χ1v) is 8.03. The Kier molecular flexibility index (Phi) is 6.29. The number of ether oxygens (including phenoxy) is 1. The molecule has 116 valence electrons.